The second-order valence-electron chi connectivity index (χ2n) is 6.21. The van der Waals surface area contributed by atoms with Gasteiger partial charge >= 0.3 is 6.03 Å². The Labute approximate surface area is 140 Å². The number of methoxy groups -OCH3 is 1. The van der Waals surface area contributed by atoms with Crippen molar-refractivity contribution in [3.63, 3.8) is 0 Å². The molecule has 0 radical (unpaired) electrons. The lowest BCUT2D eigenvalue weighted by atomic mass is 10.0. The van der Waals surface area contributed by atoms with Gasteiger partial charge in [0.1, 0.15) is 11.3 Å². The molecule has 0 aliphatic carbocycles. The van der Waals surface area contributed by atoms with Gasteiger partial charge < -0.3 is 10.1 Å². The lowest BCUT2D eigenvalue weighted by Gasteiger charge is -2.22. The van der Waals surface area contributed by atoms with E-state index in [-0.39, 0.29) is 12.5 Å². The first-order chi connectivity index (χ1) is 11.4. The van der Waals surface area contributed by atoms with E-state index in [4.69, 9.17) is 4.74 Å². The van der Waals surface area contributed by atoms with Gasteiger partial charge in [-0.1, -0.05) is 0 Å². The Morgan fingerprint density at radius 3 is 2.58 bits per heavy atom. The molecule has 0 saturated carbocycles. The summed E-state index contributed by atoms with van der Waals surface area (Å²) in [5.41, 5.74) is 1.40. The molecule has 3 rings (SSSR count). The van der Waals surface area contributed by atoms with Gasteiger partial charge in [0.05, 0.1) is 19.3 Å². The summed E-state index contributed by atoms with van der Waals surface area (Å²) in [6, 6.07) is 4.94. The smallest absolute Gasteiger partial charge is 0.329 e. The molecule has 1 aromatic carbocycles. The number of hydrogen-bond acceptors (Lipinski definition) is 4. The average molecular weight is 328 g/mol. The maximum atomic E-state index is 13.0. The highest BCUT2D eigenvalue weighted by molar-refractivity contribution is 6.23. The Morgan fingerprint density at radius 1 is 1.25 bits per heavy atom. The second kappa shape index (κ2) is 5.67. The molecule has 7 heteroatoms. The van der Waals surface area contributed by atoms with Crippen molar-refractivity contribution in [2.24, 2.45) is 0 Å². The monoisotopic (exact) mass is 328 g/mol. The number of rotatable bonds is 4. The number of urea groups is 1. The molecule has 1 aromatic heterocycles. The van der Waals surface area contributed by atoms with Crippen molar-refractivity contribution in [1.29, 1.82) is 0 Å². The summed E-state index contributed by atoms with van der Waals surface area (Å²) < 4.78 is 7.00. The molecule has 1 unspecified atom stereocenters. The topological polar surface area (TPSA) is 76.5 Å². The summed E-state index contributed by atoms with van der Waals surface area (Å²) in [7, 11) is 1.52. The number of amides is 3. The molecule has 126 valence electrons. The first-order valence-corrected chi connectivity index (χ1v) is 7.65. The fourth-order valence-electron chi connectivity index (χ4n) is 2.84. The van der Waals surface area contributed by atoms with Crippen molar-refractivity contribution in [2.45, 2.75) is 32.9 Å². The molecule has 7 nitrogen and oxygen atoms in total. The minimum atomic E-state index is -1.06. The Morgan fingerprint density at radius 2 is 1.96 bits per heavy atom. The Balaban J connectivity index is 1.99. The Hall–Kier alpha value is -2.83. The van der Waals surface area contributed by atoms with Gasteiger partial charge in [-0.05, 0) is 50.1 Å². The fourth-order valence-corrected chi connectivity index (χ4v) is 2.84. The van der Waals surface area contributed by atoms with E-state index >= 15 is 0 Å². The van der Waals surface area contributed by atoms with Gasteiger partial charge in [0.2, 0.25) is 0 Å². The summed E-state index contributed by atoms with van der Waals surface area (Å²) in [5.74, 6) is 0.162. The molecule has 1 fully saturated rings. The summed E-state index contributed by atoms with van der Waals surface area (Å²) in [6.07, 6.45) is 3.39. The van der Waals surface area contributed by atoms with E-state index in [9.17, 15) is 9.59 Å². The number of imide groups is 1. The van der Waals surface area contributed by atoms with Gasteiger partial charge in [0.15, 0.2) is 0 Å². The summed E-state index contributed by atoms with van der Waals surface area (Å²) in [5, 5.41) is 6.88. The quantitative estimate of drug-likeness (QED) is 0.871. The predicted molar refractivity (Wildman–Crippen MR) is 89.1 cm³/mol. The molecule has 1 atom stereocenters. The number of aromatic nitrogens is 2. The Kier molecular flexibility index (Phi) is 3.79. The normalized spacial score (nSPS) is 20.4. The number of ether oxygens (including phenoxy) is 1. The average Bonchev–Trinajstić information content (AvgIpc) is 3.09. The van der Waals surface area contributed by atoms with Crippen molar-refractivity contribution in [3.05, 3.63) is 41.7 Å². The molecular weight excluding hydrogens is 308 g/mol. The number of benzene rings is 1. The maximum absolute atomic E-state index is 13.0. The SMILES string of the molecule is COc1cc(C)c(C)cc1N1C(=O)NC(C)(Cn2cccn2)C1=O. The zero-order valence-electron chi connectivity index (χ0n) is 14.2. The highest BCUT2D eigenvalue weighted by Gasteiger charge is 2.49. The zero-order valence-corrected chi connectivity index (χ0v) is 14.2. The van der Waals surface area contributed by atoms with Gasteiger partial charge in [-0.2, -0.15) is 5.10 Å². The zero-order chi connectivity index (χ0) is 17.5. The van der Waals surface area contributed by atoms with Crippen LogP contribution in [0.3, 0.4) is 0 Å². The van der Waals surface area contributed by atoms with E-state index in [0.29, 0.717) is 11.4 Å². The summed E-state index contributed by atoms with van der Waals surface area (Å²) in [6.45, 7) is 5.84. The largest absolute Gasteiger partial charge is 0.495 e. The third-order valence-corrected chi connectivity index (χ3v) is 4.33. The van der Waals surface area contributed by atoms with E-state index in [2.05, 4.69) is 10.4 Å². The number of nitrogens with zero attached hydrogens (tertiary/aromatic N) is 3. The molecule has 2 heterocycles. The van der Waals surface area contributed by atoms with Crippen LogP contribution in [0.15, 0.2) is 30.6 Å². The van der Waals surface area contributed by atoms with Crippen molar-refractivity contribution in [3.8, 4) is 5.75 Å². The Bertz CT molecular complexity index is 800. The van der Waals surface area contributed by atoms with Gasteiger partial charge in [0, 0.05) is 12.4 Å². The molecule has 1 N–H and O–H groups in total. The number of anilines is 1. The van der Waals surface area contributed by atoms with E-state index in [1.165, 1.54) is 7.11 Å². The fraction of sp³-hybridized carbons (Fsp3) is 0.353. The number of carbonyl (C=O) groups is 2. The van der Waals surface area contributed by atoms with Crippen molar-refractivity contribution < 1.29 is 14.3 Å². The molecule has 0 spiro atoms. The molecule has 3 amide bonds. The molecule has 0 bridgehead atoms. The number of nitrogens with one attached hydrogen (secondary N) is 1. The summed E-state index contributed by atoms with van der Waals surface area (Å²) in [4.78, 5) is 26.6. The number of hydrogen-bond donors (Lipinski definition) is 1. The summed E-state index contributed by atoms with van der Waals surface area (Å²) >= 11 is 0. The van der Waals surface area contributed by atoms with Gasteiger partial charge in [-0.3, -0.25) is 9.48 Å². The lowest BCUT2D eigenvalue weighted by molar-refractivity contribution is -0.122. The maximum Gasteiger partial charge on any atom is 0.329 e. The van der Waals surface area contributed by atoms with Crippen LogP contribution < -0.4 is 15.0 Å². The molecule has 24 heavy (non-hydrogen) atoms. The standard InChI is InChI=1S/C17H20N4O3/c1-11-8-13(14(24-4)9-12(11)2)21-15(22)17(3,19-16(21)23)10-20-7-5-6-18-20/h5-9H,10H2,1-4H3,(H,19,23). The highest BCUT2D eigenvalue weighted by atomic mass is 16.5. The van der Waals surface area contributed by atoms with Crippen LogP contribution in [0.1, 0.15) is 18.1 Å². The predicted octanol–water partition coefficient (Wildman–Crippen LogP) is 2.02. The van der Waals surface area contributed by atoms with Crippen LogP contribution >= 0.6 is 0 Å². The molecular formula is C17H20N4O3. The van der Waals surface area contributed by atoms with E-state index in [1.807, 2.05) is 19.9 Å². The van der Waals surface area contributed by atoms with Crippen LogP contribution in [0.25, 0.3) is 0 Å². The van der Waals surface area contributed by atoms with Crippen molar-refractivity contribution in [1.82, 2.24) is 15.1 Å². The van der Waals surface area contributed by atoms with E-state index < -0.39 is 11.6 Å². The lowest BCUT2D eigenvalue weighted by Crippen LogP contribution is -2.47. The molecule has 1 aliphatic rings. The van der Waals surface area contributed by atoms with Crippen LogP contribution in [0.4, 0.5) is 10.5 Å². The minimum Gasteiger partial charge on any atom is -0.495 e. The molecule has 1 saturated heterocycles. The van der Waals surface area contributed by atoms with Crippen LogP contribution in [-0.4, -0.2) is 34.4 Å². The minimum absolute atomic E-state index is 0.258. The van der Waals surface area contributed by atoms with Crippen LogP contribution in [0, 0.1) is 13.8 Å². The number of carbonyl (C=O) groups excluding carboxylic acids is 2. The van der Waals surface area contributed by atoms with Crippen LogP contribution in [-0.2, 0) is 11.3 Å². The first-order valence-electron chi connectivity index (χ1n) is 7.65. The third-order valence-electron chi connectivity index (χ3n) is 4.33. The second-order valence-corrected chi connectivity index (χ2v) is 6.21. The van der Waals surface area contributed by atoms with Crippen molar-refractivity contribution in [2.75, 3.05) is 12.0 Å². The van der Waals surface area contributed by atoms with Gasteiger partial charge in [-0.15, -0.1) is 0 Å². The number of aryl methyl sites for hydroxylation is 2. The van der Waals surface area contributed by atoms with Gasteiger partial charge in [0.25, 0.3) is 5.91 Å². The van der Waals surface area contributed by atoms with Crippen LogP contribution in [0.5, 0.6) is 5.75 Å². The van der Waals surface area contributed by atoms with Gasteiger partial charge in [-0.25, -0.2) is 9.69 Å². The molecule has 1 aliphatic heterocycles. The van der Waals surface area contributed by atoms with Crippen molar-refractivity contribution >= 4 is 17.6 Å². The third kappa shape index (κ3) is 2.51. The van der Waals surface area contributed by atoms with E-state index in [0.717, 1.165) is 16.0 Å². The highest BCUT2D eigenvalue weighted by Crippen LogP contribution is 2.35. The van der Waals surface area contributed by atoms with E-state index in [1.54, 1.807) is 36.1 Å². The first kappa shape index (κ1) is 16.0. The molecule has 2 aromatic rings. The van der Waals surface area contributed by atoms with Crippen LogP contribution in [0.2, 0.25) is 0 Å².